The Bertz CT molecular complexity index is 1350. The molecule has 4 rings (SSSR count). The van der Waals surface area contributed by atoms with Crippen molar-refractivity contribution in [3.8, 4) is 16.9 Å². The SMILES string of the molecule is CC1CCC(c2ccc(C(=O)Oc3ccc(-c4cc(F)c(/C=C/C(F)(F)F)c(F)c4)c(F)c3)c(F)c2)CC1. The van der Waals surface area contributed by atoms with Crippen LogP contribution in [-0.2, 0) is 0 Å². The fraction of sp³-hybridized carbons (Fsp3) is 0.276. The molecule has 1 aliphatic carbocycles. The highest BCUT2D eigenvalue weighted by molar-refractivity contribution is 5.91. The molecule has 1 aliphatic rings. The first-order valence-corrected chi connectivity index (χ1v) is 12.0. The molecule has 0 bridgehead atoms. The van der Waals surface area contributed by atoms with Crippen molar-refractivity contribution in [2.24, 2.45) is 5.92 Å². The van der Waals surface area contributed by atoms with E-state index < -0.39 is 41.0 Å². The van der Waals surface area contributed by atoms with Crippen molar-refractivity contribution >= 4 is 12.0 Å². The molecule has 0 amide bonds. The van der Waals surface area contributed by atoms with Gasteiger partial charge in [-0.25, -0.2) is 22.4 Å². The lowest BCUT2D eigenvalue weighted by Crippen LogP contribution is -2.14. The smallest absolute Gasteiger partial charge is 0.409 e. The number of hydrogen-bond acceptors (Lipinski definition) is 2. The minimum Gasteiger partial charge on any atom is -0.423 e. The summed E-state index contributed by atoms with van der Waals surface area (Å²) in [6, 6.07) is 8.73. The van der Waals surface area contributed by atoms with Crippen LogP contribution in [-0.4, -0.2) is 12.1 Å². The van der Waals surface area contributed by atoms with Gasteiger partial charge >= 0.3 is 12.1 Å². The number of halogens is 7. The van der Waals surface area contributed by atoms with Gasteiger partial charge in [-0.3, -0.25) is 0 Å². The lowest BCUT2D eigenvalue weighted by molar-refractivity contribution is -0.0790. The zero-order valence-corrected chi connectivity index (χ0v) is 20.2. The van der Waals surface area contributed by atoms with Crippen molar-refractivity contribution in [3.05, 3.63) is 94.6 Å². The molecule has 200 valence electrons. The summed E-state index contributed by atoms with van der Waals surface area (Å²) >= 11 is 0. The Morgan fingerprint density at radius 2 is 1.50 bits per heavy atom. The van der Waals surface area contributed by atoms with Gasteiger partial charge in [-0.2, -0.15) is 13.2 Å². The van der Waals surface area contributed by atoms with Gasteiger partial charge in [-0.05, 0) is 78.3 Å². The minimum atomic E-state index is -4.77. The van der Waals surface area contributed by atoms with Crippen molar-refractivity contribution in [2.45, 2.75) is 44.7 Å². The van der Waals surface area contributed by atoms with Gasteiger partial charge in [0.2, 0.25) is 0 Å². The van der Waals surface area contributed by atoms with E-state index in [0.717, 1.165) is 49.4 Å². The van der Waals surface area contributed by atoms with E-state index in [-0.39, 0.29) is 40.5 Å². The fourth-order valence-corrected chi connectivity index (χ4v) is 4.58. The Labute approximate surface area is 214 Å². The lowest BCUT2D eigenvalue weighted by Gasteiger charge is -2.26. The molecule has 0 spiro atoms. The molecule has 38 heavy (non-hydrogen) atoms. The van der Waals surface area contributed by atoms with Crippen molar-refractivity contribution in [1.82, 2.24) is 0 Å². The second-order valence-corrected chi connectivity index (χ2v) is 9.46. The van der Waals surface area contributed by atoms with Gasteiger partial charge in [0.15, 0.2) is 0 Å². The maximum atomic E-state index is 14.7. The third-order valence-corrected chi connectivity index (χ3v) is 6.68. The van der Waals surface area contributed by atoms with Crippen LogP contribution < -0.4 is 4.74 Å². The van der Waals surface area contributed by atoms with Crippen LogP contribution in [0.4, 0.5) is 30.7 Å². The van der Waals surface area contributed by atoms with Gasteiger partial charge in [-0.1, -0.05) is 25.8 Å². The molecule has 0 aromatic heterocycles. The van der Waals surface area contributed by atoms with E-state index in [1.807, 2.05) is 0 Å². The number of esters is 1. The van der Waals surface area contributed by atoms with Crippen molar-refractivity contribution < 1.29 is 40.3 Å². The molecule has 0 saturated heterocycles. The van der Waals surface area contributed by atoms with Crippen LogP contribution in [0.2, 0.25) is 0 Å². The average molecular weight is 536 g/mol. The Balaban J connectivity index is 1.50. The van der Waals surface area contributed by atoms with Crippen molar-refractivity contribution in [1.29, 1.82) is 0 Å². The van der Waals surface area contributed by atoms with Crippen LogP contribution in [0.5, 0.6) is 5.75 Å². The maximum absolute atomic E-state index is 14.7. The monoisotopic (exact) mass is 536 g/mol. The zero-order valence-electron chi connectivity index (χ0n) is 20.2. The predicted octanol–water partition coefficient (Wildman–Crippen LogP) is 9.00. The summed E-state index contributed by atoms with van der Waals surface area (Å²) in [5, 5.41) is 0. The van der Waals surface area contributed by atoms with Crippen LogP contribution >= 0.6 is 0 Å². The molecule has 1 fully saturated rings. The summed E-state index contributed by atoms with van der Waals surface area (Å²) in [4.78, 5) is 12.5. The van der Waals surface area contributed by atoms with Gasteiger partial charge in [0, 0.05) is 23.3 Å². The summed E-state index contributed by atoms with van der Waals surface area (Å²) in [6.45, 7) is 2.18. The Morgan fingerprint density at radius 1 is 0.842 bits per heavy atom. The molecule has 0 heterocycles. The second kappa shape index (κ2) is 11.0. The molecule has 0 unspecified atom stereocenters. The van der Waals surface area contributed by atoms with Crippen LogP contribution in [0, 0.1) is 29.2 Å². The number of carbonyl (C=O) groups is 1. The van der Waals surface area contributed by atoms with Crippen LogP contribution in [0.15, 0.2) is 54.6 Å². The molecule has 1 saturated carbocycles. The Hall–Kier alpha value is -3.62. The summed E-state index contributed by atoms with van der Waals surface area (Å²) in [5.74, 6) is -4.88. The van der Waals surface area contributed by atoms with E-state index >= 15 is 0 Å². The minimum absolute atomic E-state index is 0.219. The summed E-state index contributed by atoms with van der Waals surface area (Å²) in [6.07, 6.45) is -0.852. The summed E-state index contributed by atoms with van der Waals surface area (Å²) in [7, 11) is 0. The van der Waals surface area contributed by atoms with Gasteiger partial charge in [0.1, 0.15) is 29.0 Å². The quantitative estimate of drug-likeness (QED) is 0.185. The lowest BCUT2D eigenvalue weighted by atomic mass is 9.79. The number of allylic oxidation sites excluding steroid dienone is 1. The largest absolute Gasteiger partial charge is 0.423 e. The highest BCUT2D eigenvalue weighted by Gasteiger charge is 2.24. The molecule has 2 nitrogen and oxygen atoms in total. The van der Waals surface area contributed by atoms with Gasteiger partial charge in [0.05, 0.1) is 5.56 Å². The molecule has 3 aromatic rings. The molecule has 0 atom stereocenters. The first kappa shape index (κ1) is 27.4. The summed E-state index contributed by atoms with van der Waals surface area (Å²) < 4.78 is 100. The van der Waals surface area contributed by atoms with E-state index in [1.54, 1.807) is 6.07 Å². The Morgan fingerprint density at radius 3 is 2.08 bits per heavy atom. The van der Waals surface area contributed by atoms with Gasteiger partial charge in [-0.15, -0.1) is 0 Å². The van der Waals surface area contributed by atoms with Crippen LogP contribution in [0.1, 0.15) is 60.0 Å². The molecular weight excluding hydrogens is 513 g/mol. The average Bonchev–Trinajstić information content (AvgIpc) is 2.83. The fourth-order valence-electron chi connectivity index (χ4n) is 4.58. The van der Waals surface area contributed by atoms with Crippen LogP contribution in [0.3, 0.4) is 0 Å². The summed E-state index contributed by atoms with van der Waals surface area (Å²) in [5.41, 5.74) is -1.01. The van der Waals surface area contributed by atoms with Crippen LogP contribution in [0.25, 0.3) is 17.2 Å². The molecular formula is C29H23F7O2. The molecule has 0 radical (unpaired) electrons. The molecule has 3 aromatic carbocycles. The molecule has 0 N–H and O–H groups in total. The van der Waals surface area contributed by atoms with E-state index in [2.05, 4.69) is 6.92 Å². The highest BCUT2D eigenvalue weighted by atomic mass is 19.4. The third-order valence-electron chi connectivity index (χ3n) is 6.68. The van der Waals surface area contributed by atoms with Crippen molar-refractivity contribution in [3.63, 3.8) is 0 Å². The number of ether oxygens (including phenoxy) is 1. The first-order chi connectivity index (χ1) is 17.9. The van der Waals surface area contributed by atoms with Crippen molar-refractivity contribution in [2.75, 3.05) is 0 Å². The first-order valence-electron chi connectivity index (χ1n) is 12.0. The third kappa shape index (κ3) is 6.44. The number of rotatable bonds is 5. The number of carbonyl (C=O) groups excluding carboxylic acids is 1. The predicted molar refractivity (Wildman–Crippen MR) is 129 cm³/mol. The number of alkyl halides is 3. The van der Waals surface area contributed by atoms with Gasteiger partial charge in [0.25, 0.3) is 0 Å². The van der Waals surface area contributed by atoms with E-state index in [0.29, 0.717) is 18.1 Å². The molecule has 0 aliphatic heterocycles. The van der Waals surface area contributed by atoms with E-state index in [9.17, 15) is 35.5 Å². The van der Waals surface area contributed by atoms with Gasteiger partial charge < -0.3 is 4.74 Å². The van der Waals surface area contributed by atoms with E-state index in [1.165, 1.54) is 12.1 Å². The highest BCUT2D eigenvalue weighted by Crippen LogP contribution is 2.36. The standard InChI is InChI=1S/C29H23F7O2/c1-16-2-4-17(5-3-16)18-6-8-23(26(32)12-18)28(37)38-20-7-9-21(27(33)15-20)19-13-24(30)22(25(31)14-19)10-11-29(34,35)36/h6-17H,2-5H2,1H3/b11-10+. The van der Waals surface area contributed by atoms with E-state index in [4.69, 9.17) is 4.74 Å². The topological polar surface area (TPSA) is 26.3 Å². The number of hydrogen-bond donors (Lipinski definition) is 0. The Kier molecular flexibility index (Phi) is 7.94. The maximum Gasteiger partial charge on any atom is 0.409 e. The molecule has 9 heteroatoms. The second-order valence-electron chi connectivity index (χ2n) is 9.46. The normalized spacial score (nSPS) is 18.1. The zero-order chi connectivity index (χ0) is 27.6. The number of benzene rings is 3.